The lowest BCUT2D eigenvalue weighted by molar-refractivity contribution is 0.0880. The number of hydrogen-bond donors (Lipinski definition) is 1. The molecule has 0 amide bonds. The normalized spacial score (nSPS) is 14.5. The van der Waals surface area contributed by atoms with Crippen LogP contribution < -0.4 is 10.6 Å². The molecular formula is C27H21O3P. The lowest BCUT2D eigenvalue weighted by Crippen LogP contribution is -2.41. The number of carbonyl (C=O) groups is 1. The van der Waals surface area contributed by atoms with E-state index < -0.39 is 12.7 Å². The van der Waals surface area contributed by atoms with Gasteiger partial charge in [0.05, 0.1) is 0 Å². The monoisotopic (exact) mass is 424 g/mol. The van der Waals surface area contributed by atoms with E-state index in [2.05, 4.69) is 0 Å². The van der Waals surface area contributed by atoms with Crippen molar-refractivity contribution in [3.63, 3.8) is 0 Å². The van der Waals surface area contributed by atoms with Crippen molar-refractivity contribution in [1.29, 1.82) is 0 Å². The molecule has 0 unspecified atom stereocenters. The molecule has 4 heteroatoms. The molecule has 5 rings (SSSR count). The maximum Gasteiger partial charge on any atom is 0.193 e. The summed E-state index contributed by atoms with van der Waals surface area (Å²) in [6.45, 7) is 0. The Morgan fingerprint density at radius 3 is 1.45 bits per heavy atom. The predicted octanol–water partition coefficient (Wildman–Crippen LogP) is 4.48. The molecule has 4 aromatic rings. The van der Waals surface area contributed by atoms with E-state index in [0.717, 1.165) is 0 Å². The lowest BCUT2D eigenvalue weighted by Gasteiger charge is -2.38. The number of carbonyl (C=O) groups excluding carboxylic acids is 1. The summed E-state index contributed by atoms with van der Waals surface area (Å²) < 4.78 is 14.7. The van der Waals surface area contributed by atoms with Crippen LogP contribution in [0.5, 0.6) is 0 Å². The summed E-state index contributed by atoms with van der Waals surface area (Å²) in [5.74, 6) is -0.120. The second kappa shape index (κ2) is 7.46. The zero-order valence-electron chi connectivity index (χ0n) is 16.8. The van der Waals surface area contributed by atoms with E-state index in [-0.39, 0.29) is 11.9 Å². The Hall–Kier alpha value is -3.26. The lowest BCUT2D eigenvalue weighted by atomic mass is 9.75. The molecule has 0 aromatic heterocycles. The van der Waals surface area contributed by atoms with Gasteiger partial charge in [0.2, 0.25) is 0 Å². The van der Waals surface area contributed by atoms with Crippen molar-refractivity contribution in [3.05, 3.63) is 131 Å². The van der Waals surface area contributed by atoms with Gasteiger partial charge < -0.3 is 9.67 Å². The van der Waals surface area contributed by atoms with Gasteiger partial charge in [-0.15, -0.1) is 0 Å². The van der Waals surface area contributed by atoms with Crippen LogP contribution in [0.15, 0.2) is 109 Å². The van der Waals surface area contributed by atoms with Crippen LogP contribution in [0, 0.1) is 0 Å². The van der Waals surface area contributed by atoms with Gasteiger partial charge >= 0.3 is 0 Å². The van der Waals surface area contributed by atoms with Crippen LogP contribution in [0.25, 0.3) is 0 Å². The minimum absolute atomic E-state index is 0.0324. The summed E-state index contributed by atoms with van der Waals surface area (Å²) in [6, 6.07) is 32.8. The van der Waals surface area contributed by atoms with Crippen molar-refractivity contribution in [1.82, 2.24) is 0 Å². The fourth-order valence-electron chi connectivity index (χ4n) is 4.54. The van der Waals surface area contributed by atoms with Gasteiger partial charge in [0.1, 0.15) is 12.7 Å². The molecule has 31 heavy (non-hydrogen) atoms. The molecule has 0 saturated heterocycles. The Balaban J connectivity index is 1.77. The summed E-state index contributed by atoms with van der Waals surface area (Å²) in [5, 5.41) is 13.6. The third kappa shape index (κ3) is 3.09. The van der Waals surface area contributed by atoms with E-state index in [4.69, 9.17) is 0 Å². The average molecular weight is 424 g/mol. The van der Waals surface area contributed by atoms with E-state index >= 15 is 0 Å². The number of fused-ring (bicyclic) bond motifs is 2. The van der Waals surface area contributed by atoms with E-state index in [0.29, 0.717) is 32.9 Å². The molecule has 0 aliphatic heterocycles. The van der Waals surface area contributed by atoms with Gasteiger partial charge in [0, 0.05) is 27.9 Å². The number of rotatable bonds is 4. The van der Waals surface area contributed by atoms with E-state index in [1.54, 1.807) is 48.5 Å². The Morgan fingerprint density at radius 2 is 1.00 bits per heavy atom. The van der Waals surface area contributed by atoms with Gasteiger partial charge in [-0.05, 0) is 11.1 Å². The first kappa shape index (κ1) is 19.7. The Morgan fingerprint density at radius 1 is 0.613 bits per heavy atom. The van der Waals surface area contributed by atoms with Gasteiger partial charge in [0.25, 0.3) is 0 Å². The van der Waals surface area contributed by atoms with Gasteiger partial charge in [-0.25, -0.2) is 0 Å². The minimum Gasteiger partial charge on any atom is -0.380 e. The van der Waals surface area contributed by atoms with Crippen molar-refractivity contribution in [2.45, 2.75) is 5.60 Å². The quantitative estimate of drug-likeness (QED) is 0.492. The number of hydrogen-bond acceptors (Lipinski definition) is 3. The van der Waals surface area contributed by atoms with Gasteiger partial charge in [-0.2, -0.15) is 0 Å². The van der Waals surface area contributed by atoms with Crippen LogP contribution in [-0.2, 0) is 10.2 Å². The zero-order valence-corrected chi connectivity index (χ0v) is 17.7. The van der Waals surface area contributed by atoms with E-state index in [9.17, 15) is 14.5 Å². The highest BCUT2D eigenvalue weighted by molar-refractivity contribution is 7.78. The Bertz CT molecular complexity index is 1220. The summed E-state index contributed by atoms with van der Waals surface area (Å²) in [4.78, 5) is 13.1. The second-order valence-electron chi connectivity index (χ2n) is 7.85. The molecule has 3 nitrogen and oxygen atoms in total. The maximum absolute atomic E-state index is 14.7. The first-order chi connectivity index (χ1) is 15.0. The van der Waals surface area contributed by atoms with E-state index in [1.165, 1.54) is 0 Å². The molecule has 1 aliphatic rings. The van der Waals surface area contributed by atoms with Crippen molar-refractivity contribution in [2.24, 2.45) is 0 Å². The number of ketones is 1. The van der Waals surface area contributed by atoms with Crippen LogP contribution in [0.4, 0.5) is 0 Å². The maximum atomic E-state index is 14.7. The average Bonchev–Trinajstić information content (AvgIpc) is 2.84. The van der Waals surface area contributed by atoms with E-state index in [1.807, 2.05) is 60.7 Å². The van der Waals surface area contributed by atoms with Crippen LogP contribution in [0.3, 0.4) is 0 Å². The SMILES string of the molecule is O=C1c2ccccc2C(O)(CP(=O)(c2ccccc2)c2ccccc2)c2ccccc21. The molecule has 0 spiro atoms. The first-order valence-electron chi connectivity index (χ1n) is 10.2. The third-order valence-corrected chi connectivity index (χ3v) is 9.20. The first-order valence-corrected chi connectivity index (χ1v) is 12.1. The molecule has 0 heterocycles. The predicted molar refractivity (Wildman–Crippen MR) is 124 cm³/mol. The van der Waals surface area contributed by atoms with Crippen LogP contribution in [0.1, 0.15) is 27.0 Å². The fourth-order valence-corrected chi connectivity index (χ4v) is 7.49. The van der Waals surface area contributed by atoms with Crippen molar-refractivity contribution < 1.29 is 14.5 Å². The molecule has 0 saturated carbocycles. The topological polar surface area (TPSA) is 54.4 Å². The number of aliphatic hydroxyl groups is 1. The van der Waals surface area contributed by atoms with Gasteiger partial charge in [-0.3, -0.25) is 4.79 Å². The van der Waals surface area contributed by atoms with Crippen LogP contribution >= 0.6 is 7.14 Å². The Labute approximate surface area is 181 Å². The largest absolute Gasteiger partial charge is 0.380 e. The smallest absolute Gasteiger partial charge is 0.193 e. The summed E-state index contributed by atoms with van der Waals surface area (Å²) >= 11 is 0. The number of benzene rings is 4. The molecule has 0 radical (unpaired) electrons. The highest BCUT2D eigenvalue weighted by Crippen LogP contribution is 2.52. The van der Waals surface area contributed by atoms with Gasteiger partial charge in [-0.1, -0.05) is 109 Å². The van der Waals surface area contributed by atoms with Crippen molar-refractivity contribution >= 4 is 23.5 Å². The fraction of sp³-hybridized carbons (Fsp3) is 0.0741. The highest BCUT2D eigenvalue weighted by Gasteiger charge is 2.47. The highest BCUT2D eigenvalue weighted by atomic mass is 31.2. The summed E-state index contributed by atoms with van der Waals surface area (Å²) in [7, 11) is -3.25. The van der Waals surface area contributed by atoms with Crippen molar-refractivity contribution in [3.8, 4) is 0 Å². The molecule has 0 fully saturated rings. The standard InChI is InChI=1S/C27H21O3P/c28-26-22-15-7-9-17-24(22)27(29,25-18-10-8-16-23(25)26)19-31(30,20-11-3-1-4-12-20)21-13-5-2-6-14-21/h1-18,29H,19H2. The molecule has 0 bridgehead atoms. The molecule has 4 aromatic carbocycles. The van der Waals surface area contributed by atoms with Gasteiger partial charge in [0.15, 0.2) is 5.78 Å². The molecule has 0 atom stereocenters. The Kier molecular flexibility index (Phi) is 4.74. The van der Waals surface area contributed by atoms with Crippen molar-refractivity contribution in [2.75, 3.05) is 6.16 Å². The zero-order chi connectivity index (χ0) is 21.5. The van der Waals surface area contributed by atoms with Crippen LogP contribution in [0.2, 0.25) is 0 Å². The summed E-state index contributed by atoms with van der Waals surface area (Å²) in [5.41, 5.74) is 0.354. The minimum atomic E-state index is -3.25. The molecule has 1 N–H and O–H groups in total. The molecule has 1 aliphatic carbocycles. The third-order valence-electron chi connectivity index (χ3n) is 6.03. The van der Waals surface area contributed by atoms with Crippen LogP contribution in [-0.4, -0.2) is 17.1 Å². The summed E-state index contributed by atoms with van der Waals surface area (Å²) in [6.07, 6.45) is -0.0324. The molecule has 152 valence electrons. The second-order valence-corrected chi connectivity index (χ2v) is 10.7. The molecular weight excluding hydrogens is 403 g/mol.